The third-order valence-corrected chi connectivity index (χ3v) is 3.08. The molecular formula is C16H15NO2. The lowest BCUT2D eigenvalue weighted by Crippen LogP contribution is -2.10. The molecule has 0 saturated carbocycles. The van der Waals surface area contributed by atoms with Crippen LogP contribution >= 0.6 is 0 Å². The van der Waals surface area contributed by atoms with Crippen LogP contribution in [0.2, 0.25) is 0 Å². The normalized spacial score (nSPS) is 10.2. The van der Waals surface area contributed by atoms with E-state index in [0.717, 1.165) is 11.1 Å². The van der Waals surface area contributed by atoms with Crippen molar-refractivity contribution in [2.75, 3.05) is 0 Å². The van der Waals surface area contributed by atoms with E-state index < -0.39 is 0 Å². The van der Waals surface area contributed by atoms with Crippen molar-refractivity contribution in [1.29, 1.82) is 0 Å². The molecule has 1 heterocycles. The largest absolute Gasteiger partial charge is 0.294 e. The lowest BCUT2D eigenvalue weighted by molar-refractivity contribution is 0.0891. The van der Waals surface area contributed by atoms with E-state index in [1.807, 2.05) is 19.9 Å². The molecule has 0 aliphatic carbocycles. The topological polar surface area (TPSA) is 47.0 Å². The first-order chi connectivity index (χ1) is 9.08. The molecule has 0 saturated heterocycles. The van der Waals surface area contributed by atoms with Crippen LogP contribution < -0.4 is 0 Å². The molecule has 2 aromatic rings. The average Bonchev–Trinajstić information content (AvgIpc) is 2.42. The number of carbonyl (C=O) groups is 2. The summed E-state index contributed by atoms with van der Waals surface area (Å²) in [6.07, 6.45) is 1.52. The van der Waals surface area contributed by atoms with Crippen LogP contribution in [0.1, 0.15) is 38.4 Å². The molecule has 0 N–H and O–H groups in total. The number of rotatable bonds is 4. The minimum Gasteiger partial charge on any atom is -0.294 e. The fraction of sp³-hybridized carbons (Fsp3) is 0.188. The van der Waals surface area contributed by atoms with E-state index >= 15 is 0 Å². The molecule has 1 aromatic carbocycles. The number of pyridine rings is 1. The number of ketones is 2. The van der Waals surface area contributed by atoms with Crippen LogP contribution in [-0.2, 0) is 0 Å². The zero-order chi connectivity index (χ0) is 13.8. The Balaban J connectivity index is 2.13. The van der Waals surface area contributed by atoms with Gasteiger partial charge in [0.1, 0.15) is 5.69 Å². The summed E-state index contributed by atoms with van der Waals surface area (Å²) in [5, 5.41) is 0. The molecule has 0 aliphatic heterocycles. The molecule has 0 atom stereocenters. The summed E-state index contributed by atoms with van der Waals surface area (Å²) in [5.41, 5.74) is 2.95. The first-order valence-corrected chi connectivity index (χ1v) is 6.12. The molecule has 0 spiro atoms. The van der Waals surface area contributed by atoms with Crippen molar-refractivity contribution in [3.8, 4) is 0 Å². The van der Waals surface area contributed by atoms with Gasteiger partial charge in [0.25, 0.3) is 0 Å². The predicted molar refractivity (Wildman–Crippen MR) is 73.4 cm³/mol. The Bertz CT molecular complexity index is 618. The van der Waals surface area contributed by atoms with Gasteiger partial charge in [-0.15, -0.1) is 0 Å². The second-order valence-electron chi connectivity index (χ2n) is 4.54. The van der Waals surface area contributed by atoms with Crippen molar-refractivity contribution < 1.29 is 9.59 Å². The molecule has 1 aromatic heterocycles. The Morgan fingerprint density at radius 1 is 1.00 bits per heavy atom. The molecule has 0 amide bonds. The van der Waals surface area contributed by atoms with E-state index in [1.165, 1.54) is 0 Å². The number of hydrogen-bond donors (Lipinski definition) is 0. The summed E-state index contributed by atoms with van der Waals surface area (Å²) in [6, 6.07) is 10.6. The highest BCUT2D eigenvalue weighted by Gasteiger charge is 2.14. The summed E-state index contributed by atoms with van der Waals surface area (Å²) in [4.78, 5) is 28.0. The van der Waals surface area contributed by atoms with Gasteiger partial charge in [0.2, 0.25) is 0 Å². The van der Waals surface area contributed by atoms with Crippen molar-refractivity contribution in [1.82, 2.24) is 4.98 Å². The molecule has 3 nitrogen and oxygen atoms in total. The summed E-state index contributed by atoms with van der Waals surface area (Å²) < 4.78 is 0. The van der Waals surface area contributed by atoms with Gasteiger partial charge in [-0.25, -0.2) is 0 Å². The van der Waals surface area contributed by atoms with Gasteiger partial charge in [0, 0.05) is 11.8 Å². The zero-order valence-electron chi connectivity index (χ0n) is 11.0. The molecule has 0 bridgehead atoms. The van der Waals surface area contributed by atoms with Crippen LogP contribution in [0.25, 0.3) is 0 Å². The van der Waals surface area contributed by atoms with Gasteiger partial charge in [-0.2, -0.15) is 0 Å². The summed E-state index contributed by atoms with van der Waals surface area (Å²) in [7, 11) is 0. The Hall–Kier alpha value is -2.29. The molecule has 0 fully saturated rings. The summed E-state index contributed by atoms with van der Waals surface area (Å²) >= 11 is 0. The second-order valence-corrected chi connectivity index (χ2v) is 4.54. The van der Waals surface area contributed by atoms with E-state index in [4.69, 9.17) is 0 Å². The monoisotopic (exact) mass is 253 g/mol. The standard InChI is InChI=1S/C16H15NO2/c1-11-8-14(17-10-12(11)2)16(19)9-15(18)13-6-4-3-5-7-13/h3-8,10H,9H2,1-2H3. The van der Waals surface area contributed by atoms with Crippen LogP contribution in [0.3, 0.4) is 0 Å². The Kier molecular flexibility index (Phi) is 3.85. The van der Waals surface area contributed by atoms with Gasteiger partial charge in [-0.05, 0) is 31.0 Å². The number of Topliss-reactive ketones (excluding diaryl/α,β-unsaturated/α-hetero) is 2. The SMILES string of the molecule is Cc1cnc(C(=O)CC(=O)c2ccccc2)cc1C. The molecule has 19 heavy (non-hydrogen) atoms. The fourth-order valence-corrected chi connectivity index (χ4v) is 1.74. The van der Waals surface area contributed by atoms with Crippen molar-refractivity contribution in [2.24, 2.45) is 0 Å². The van der Waals surface area contributed by atoms with Crippen molar-refractivity contribution in [2.45, 2.75) is 20.3 Å². The lowest BCUT2D eigenvalue weighted by Gasteiger charge is -2.03. The molecule has 0 aliphatic rings. The average molecular weight is 253 g/mol. The second kappa shape index (κ2) is 5.57. The first-order valence-electron chi connectivity index (χ1n) is 6.12. The van der Waals surface area contributed by atoms with Crippen LogP contribution in [0, 0.1) is 13.8 Å². The van der Waals surface area contributed by atoms with Gasteiger partial charge >= 0.3 is 0 Å². The van der Waals surface area contributed by atoms with E-state index in [2.05, 4.69) is 4.98 Å². The Labute approximate surface area is 112 Å². The maximum atomic E-state index is 12.0. The van der Waals surface area contributed by atoms with E-state index in [1.54, 1.807) is 36.5 Å². The summed E-state index contributed by atoms with van der Waals surface area (Å²) in [5.74, 6) is -0.414. The predicted octanol–water partition coefficient (Wildman–Crippen LogP) is 3.15. The van der Waals surface area contributed by atoms with Crippen LogP contribution in [0.5, 0.6) is 0 Å². The lowest BCUT2D eigenvalue weighted by atomic mass is 10.0. The fourth-order valence-electron chi connectivity index (χ4n) is 1.74. The van der Waals surface area contributed by atoms with Gasteiger partial charge < -0.3 is 0 Å². The van der Waals surface area contributed by atoms with E-state index in [-0.39, 0.29) is 18.0 Å². The smallest absolute Gasteiger partial charge is 0.188 e. The number of carbonyl (C=O) groups excluding carboxylic acids is 2. The minimum atomic E-state index is -0.239. The summed E-state index contributed by atoms with van der Waals surface area (Å²) in [6.45, 7) is 3.86. The number of nitrogens with zero attached hydrogens (tertiary/aromatic N) is 1. The number of aryl methyl sites for hydroxylation is 2. The molecule has 0 radical (unpaired) electrons. The zero-order valence-corrected chi connectivity index (χ0v) is 11.0. The Morgan fingerprint density at radius 3 is 2.32 bits per heavy atom. The van der Waals surface area contributed by atoms with Crippen molar-refractivity contribution >= 4 is 11.6 Å². The van der Waals surface area contributed by atoms with Gasteiger partial charge in [0.15, 0.2) is 11.6 Å². The number of benzene rings is 1. The van der Waals surface area contributed by atoms with Gasteiger partial charge in [0.05, 0.1) is 6.42 Å². The number of aromatic nitrogens is 1. The maximum absolute atomic E-state index is 12.0. The number of hydrogen-bond acceptors (Lipinski definition) is 3. The van der Waals surface area contributed by atoms with E-state index in [0.29, 0.717) is 11.3 Å². The first kappa shape index (κ1) is 13.1. The quantitative estimate of drug-likeness (QED) is 0.621. The van der Waals surface area contributed by atoms with Gasteiger partial charge in [-0.1, -0.05) is 30.3 Å². The van der Waals surface area contributed by atoms with Crippen molar-refractivity contribution in [3.63, 3.8) is 0 Å². The highest BCUT2D eigenvalue weighted by atomic mass is 16.1. The molecule has 96 valence electrons. The van der Waals surface area contributed by atoms with E-state index in [9.17, 15) is 9.59 Å². The molecule has 0 unspecified atom stereocenters. The highest BCUT2D eigenvalue weighted by molar-refractivity contribution is 6.12. The van der Waals surface area contributed by atoms with Gasteiger partial charge in [-0.3, -0.25) is 14.6 Å². The van der Waals surface area contributed by atoms with Crippen molar-refractivity contribution in [3.05, 3.63) is 65.0 Å². The third-order valence-electron chi connectivity index (χ3n) is 3.08. The van der Waals surface area contributed by atoms with Crippen LogP contribution in [-0.4, -0.2) is 16.6 Å². The minimum absolute atomic E-state index is 0.139. The Morgan fingerprint density at radius 2 is 1.68 bits per heavy atom. The maximum Gasteiger partial charge on any atom is 0.188 e. The van der Waals surface area contributed by atoms with Crippen LogP contribution in [0.15, 0.2) is 42.6 Å². The third kappa shape index (κ3) is 3.13. The molecular weight excluding hydrogens is 238 g/mol. The molecule has 2 rings (SSSR count). The highest BCUT2D eigenvalue weighted by Crippen LogP contribution is 2.11. The van der Waals surface area contributed by atoms with Crippen LogP contribution in [0.4, 0.5) is 0 Å². The molecule has 3 heteroatoms.